The van der Waals surface area contributed by atoms with Crippen LogP contribution in [0.4, 0.5) is 0 Å². The molecule has 0 radical (unpaired) electrons. The number of carbonyl (C=O) groups is 2. The van der Waals surface area contributed by atoms with Gasteiger partial charge in [0.15, 0.2) is 6.10 Å². The molecule has 0 spiro atoms. The summed E-state index contributed by atoms with van der Waals surface area (Å²) < 4.78 is 11.5. The molecule has 4 aliphatic rings. The minimum atomic E-state index is -0.429. The molecule has 0 amide bonds. The Morgan fingerprint density at radius 3 is 2.31 bits per heavy atom. The van der Waals surface area contributed by atoms with Crippen LogP contribution in [0.5, 0.6) is 0 Å². The van der Waals surface area contributed by atoms with Crippen LogP contribution in [-0.4, -0.2) is 24.1 Å². The lowest BCUT2D eigenvalue weighted by molar-refractivity contribution is -0.170. The van der Waals surface area contributed by atoms with E-state index in [1.807, 2.05) is 0 Å². The van der Waals surface area contributed by atoms with Crippen molar-refractivity contribution in [2.24, 2.45) is 46.3 Å². The molecule has 0 saturated heterocycles. The smallest absolute Gasteiger partial charge is 0.303 e. The molecule has 7 unspecified atom stereocenters. The third kappa shape index (κ3) is 4.97. The van der Waals surface area contributed by atoms with Crippen molar-refractivity contribution >= 4 is 11.9 Å². The van der Waals surface area contributed by atoms with Gasteiger partial charge in [-0.3, -0.25) is 9.59 Å². The van der Waals surface area contributed by atoms with E-state index in [2.05, 4.69) is 40.7 Å². The Labute approximate surface area is 214 Å². The molecule has 3 fully saturated rings. The first kappa shape index (κ1) is 26.7. The molecule has 9 atom stereocenters. The van der Waals surface area contributed by atoms with Crippen molar-refractivity contribution in [2.75, 3.05) is 0 Å². The number of fused-ring (bicyclic) bond motifs is 5. The van der Waals surface area contributed by atoms with E-state index >= 15 is 0 Å². The summed E-state index contributed by atoms with van der Waals surface area (Å²) in [5.41, 5.74) is 1.72. The molecule has 198 valence electrons. The van der Waals surface area contributed by atoms with Gasteiger partial charge in [0.05, 0.1) is 0 Å². The van der Waals surface area contributed by atoms with Gasteiger partial charge in [-0.2, -0.15) is 0 Å². The summed E-state index contributed by atoms with van der Waals surface area (Å²) in [7, 11) is 0. The van der Waals surface area contributed by atoms with Crippen LogP contribution in [0.2, 0.25) is 0 Å². The van der Waals surface area contributed by atoms with Gasteiger partial charge in [0.25, 0.3) is 0 Å². The monoisotopic (exact) mass is 486 g/mol. The molecule has 4 heteroatoms. The lowest BCUT2D eigenvalue weighted by Gasteiger charge is -2.59. The number of carbonyl (C=O) groups excluding carboxylic acids is 2. The maximum atomic E-state index is 12.0. The van der Waals surface area contributed by atoms with Gasteiger partial charge < -0.3 is 9.47 Å². The molecule has 0 aromatic rings. The molecule has 3 saturated carbocycles. The summed E-state index contributed by atoms with van der Waals surface area (Å²) in [6.45, 7) is 15.2. The Morgan fingerprint density at radius 1 is 0.943 bits per heavy atom. The summed E-state index contributed by atoms with van der Waals surface area (Å²) in [5.74, 6) is 4.04. The third-order valence-electron chi connectivity index (χ3n) is 10.9. The largest absolute Gasteiger partial charge is 0.458 e. The van der Waals surface area contributed by atoms with Crippen molar-refractivity contribution in [3.05, 3.63) is 11.6 Å². The molecule has 0 aliphatic heterocycles. The fourth-order valence-corrected chi connectivity index (χ4v) is 9.36. The van der Waals surface area contributed by atoms with E-state index in [4.69, 9.17) is 9.47 Å². The van der Waals surface area contributed by atoms with Crippen molar-refractivity contribution in [2.45, 2.75) is 125 Å². The Morgan fingerprint density at radius 2 is 1.66 bits per heavy atom. The van der Waals surface area contributed by atoms with Gasteiger partial charge in [-0.25, -0.2) is 0 Å². The average molecular weight is 487 g/mol. The minimum absolute atomic E-state index is 0.0297. The standard InChI is InChI=1S/C31H50O4/c1-19(2)9-8-10-20(3)24-13-14-25-23-11-12-27-29(35-22(5)33)28(34-21(4)32)16-18-31(27,7)26(23)15-17-30(24,25)6/h12,19-20,23-26,28-29H,8-11,13-18H2,1-7H3/t20-,23?,24?,25?,26?,28?,29+,30?,31?/m1/s1. The molecule has 0 bridgehead atoms. The second-order valence-electron chi connectivity index (χ2n) is 13.4. The Bertz CT molecular complexity index is 830. The quantitative estimate of drug-likeness (QED) is 0.276. The van der Waals surface area contributed by atoms with E-state index in [-0.39, 0.29) is 23.5 Å². The van der Waals surface area contributed by atoms with Gasteiger partial charge in [0, 0.05) is 13.8 Å². The Hall–Kier alpha value is -1.32. The van der Waals surface area contributed by atoms with E-state index in [9.17, 15) is 9.59 Å². The highest BCUT2D eigenvalue weighted by molar-refractivity contribution is 5.68. The summed E-state index contributed by atoms with van der Waals surface area (Å²) in [6.07, 6.45) is 13.9. The van der Waals surface area contributed by atoms with Crippen LogP contribution in [0.1, 0.15) is 113 Å². The van der Waals surface area contributed by atoms with E-state index in [0.717, 1.165) is 48.9 Å². The van der Waals surface area contributed by atoms with Crippen LogP contribution in [0.15, 0.2) is 11.6 Å². The molecule has 0 aromatic heterocycles. The molecule has 0 heterocycles. The first-order valence-corrected chi connectivity index (χ1v) is 14.5. The summed E-state index contributed by atoms with van der Waals surface area (Å²) >= 11 is 0. The number of allylic oxidation sites excluding steroid dienone is 1. The highest BCUT2D eigenvalue weighted by Gasteiger charge is 2.60. The van der Waals surface area contributed by atoms with Crippen molar-refractivity contribution in [3.63, 3.8) is 0 Å². The lowest BCUT2D eigenvalue weighted by atomic mass is 9.46. The lowest BCUT2D eigenvalue weighted by Crippen LogP contribution is -2.55. The first-order valence-electron chi connectivity index (χ1n) is 14.5. The fraction of sp³-hybridized carbons (Fsp3) is 0.871. The van der Waals surface area contributed by atoms with Crippen LogP contribution in [0.25, 0.3) is 0 Å². The van der Waals surface area contributed by atoms with Crippen LogP contribution in [0, 0.1) is 46.3 Å². The third-order valence-corrected chi connectivity index (χ3v) is 10.9. The van der Waals surface area contributed by atoms with Crippen molar-refractivity contribution in [1.82, 2.24) is 0 Å². The van der Waals surface area contributed by atoms with Crippen molar-refractivity contribution < 1.29 is 19.1 Å². The topological polar surface area (TPSA) is 52.6 Å². The van der Waals surface area contributed by atoms with Crippen LogP contribution in [0.3, 0.4) is 0 Å². The Balaban J connectivity index is 1.55. The summed E-state index contributed by atoms with van der Waals surface area (Å²) in [5, 5.41) is 0. The predicted octanol–water partition coefficient (Wildman–Crippen LogP) is 7.50. The molecular formula is C31H50O4. The first-order chi connectivity index (χ1) is 16.5. The van der Waals surface area contributed by atoms with Crippen LogP contribution < -0.4 is 0 Å². The van der Waals surface area contributed by atoms with Gasteiger partial charge in [0.1, 0.15) is 6.10 Å². The normalized spacial score (nSPS) is 41.3. The van der Waals surface area contributed by atoms with Gasteiger partial charge in [-0.1, -0.05) is 60.0 Å². The molecule has 4 nitrogen and oxygen atoms in total. The second-order valence-corrected chi connectivity index (χ2v) is 13.4. The van der Waals surface area contributed by atoms with E-state index in [0.29, 0.717) is 11.3 Å². The summed E-state index contributed by atoms with van der Waals surface area (Å²) in [6, 6.07) is 0. The average Bonchev–Trinajstić information content (AvgIpc) is 3.12. The highest BCUT2D eigenvalue weighted by atomic mass is 16.6. The highest BCUT2D eigenvalue weighted by Crippen LogP contribution is 2.67. The maximum absolute atomic E-state index is 12.0. The van der Waals surface area contributed by atoms with E-state index < -0.39 is 6.10 Å². The van der Waals surface area contributed by atoms with Crippen molar-refractivity contribution in [3.8, 4) is 0 Å². The molecule has 0 aromatic carbocycles. The van der Waals surface area contributed by atoms with Crippen LogP contribution in [-0.2, 0) is 19.1 Å². The number of ether oxygens (including phenoxy) is 2. The molecular weight excluding hydrogens is 436 g/mol. The molecule has 0 N–H and O–H groups in total. The minimum Gasteiger partial charge on any atom is -0.458 e. The number of hydrogen-bond acceptors (Lipinski definition) is 4. The molecule has 4 aliphatic carbocycles. The number of rotatable bonds is 7. The van der Waals surface area contributed by atoms with Gasteiger partial charge in [-0.05, 0) is 96.9 Å². The van der Waals surface area contributed by atoms with E-state index in [1.54, 1.807) is 0 Å². The SMILES string of the molecule is CC(=O)OC1CCC2(C)C(=CCC3C2CCC2(C)C3CCC2[C@H](C)CCCC(C)C)[C@@H]1OC(C)=O. The van der Waals surface area contributed by atoms with Gasteiger partial charge in [-0.15, -0.1) is 0 Å². The summed E-state index contributed by atoms with van der Waals surface area (Å²) in [4.78, 5) is 23.8. The van der Waals surface area contributed by atoms with Gasteiger partial charge in [0.2, 0.25) is 0 Å². The van der Waals surface area contributed by atoms with Crippen molar-refractivity contribution in [1.29, 1.82) is 0 Å². The zero-order valence-corrected chi connectivity index (χ0v) is 23.4. The maximum Gasteiger partial charge on any atom is 0.303 e. The second kappa shape index (κ2) is 10.2. The zero-order chi connectivity index (χ0) is 25.5. The molecule has 4 rings (SSSR count). The molecule has 35 heavy (non-hydrogen) atoms. The fourth-order valence-electron chi connectivity index (χ4n) is 9.36. The van der Waals surface area contributed by atoms with E-state index in [1.165, 1.54) is 64.4 Å². The Kier molecular flexibility index (Phi) is 7.80. The van der Waals surface area contributed by atoms with Gasteiger partial charge >= 0.3 is 11.9 Å². The predicted molar refractivity (Wildman–Crippen MR) is 140 cm³/mol. The number of esters is 2. The zero-order valence-electron chi connectivity index (χ0n) is 23.4. The number of hydrogen-bond donors (Lipinski definition) is 0. The van der Waals surface area contributed by atoms with Crippen LogP contribution >= 0.6 is 0 Å².